The zero-order valence-corrected chi connectivity index (χ0v) is 11.2. The van der Waals surface area contributed by atoms with Crippen LogP contribution in [-0.2, 0) is 0 Å². The number of carbonyl (C=O) groups excluding carboxylic acids is 1. The van der Waals surface area contributed by atoms with Gasteiger partial charge < -0.3 is 16.0 Å². The fourth-order valence-corrected chi connectivity index (χ4v) is 3.08. The van der Waals surface area contributed by atoms with E-state index in [1.54, 1.807) is 0 Å². The minimum absolute atomic E-state index is 0.0686. The Bertz CT molecular complexity index is 298. The predicted octanol–water partition coefficient (Wildman–Crippen LogP) is 1.55. The van der Waals surface area contributed by atoms with Gasteiger partial charge in [0.25, 0.3) is 0 Å². The van der Waals surface area contributed by atoms with Crippen molar-refractivity contribution in [1.82, 2.24) is 10.2 Å². The van der Waals surface area contributed by atoms with Gasteiger partial charge in [-0.15, -0.1) is 0 Å². The molecule has 2 rings (SSSR count). The second-order valence-electron chi connectivity index (χ2n) is 6.60. The molecule has 2 amide bonds. The highest BCUT2D eigenvalue weighted by Crippen LogP contribution is 2.35. The first-order chi connectivity index (χ1) is 7.87. The average Bonchev–Trinajstić information content (AvgIpc) is 2.60. The van der Waals surface area contributed by atoms with Crippen molar-refractivity contribution in [3.63, 3.8) is 0 Å². The smallest absolute Gasteiger partial charge is 0.317 e. The van der Waals surface area contributed by atoms with E-state index in [4.69, 9.17) is 5.73 Å². The van der Waals surface area contributed by atoms with Gasteiger partial charge in [-0.2, -0.15) is 0 Å². The zero-order valence-electron chi connectivity index (χ0n) is 11.2. The molecule has 0 aromatic heterocycles. The summed E-state index contributed by atoms with van der Waals surface area (Å²) in [5.74, 6) is 1.15. The molecule has 98 valence electrons. The molecule has 0 bridgehead atoms. The van der Waals surface area contributed by atoms with Crippen molar-refractivity contribution in [2.75, 3.05) is 13.1 Å². The van der Waals surface area contributed by atoms with Gasteiger partial charge in [0.1, 0.15) is 0 Å². The molecule has 17 heavy (non-hydrogen) atoms. The normalized spacial score (nSPS) is 33.4. The van der Waals surface area contributed by atoms with Gasteiger partial charge in [-0.25, -0.2) is 4.79 Å². The van der Waals surface area contributed by atoms with E-state index in [0.717, 1.165) is 19.5 Å². The molecule has 1 aliphatic carbocycles. The first-order valence-corrected chi connectivity index (χ1v) is 6.69. The number of hydrogen-bond donors (Lipinski definition) is 2. The lowest BCUT2D eigenvalue weighted by Crippen LogP contribution is -2.48. The molecule has 0 aromatic rings. The molecule has 1 saturated carbocycles. The second-order valence-corrected chi connectivity index (χ2v) is 6.60. The van der Waals surface area contributed by atoms with Crippen molar-refractivity contribution < 1.29 is 4.79 Å². The Hall–Kier alpha value is -0.770. The van der Waals surface area contributed by atoms with Crippen LogP contribution in [0.3, 0.4) is 0 Å². The van der Waals surface area contributed by atoms with E-state index in [9.17, 15) is 4.79 Å². The fourth-order valence-electron chi connectivity index (χ4n) is 3.08. The van der Waals surface area contributed by atoms with Crippen LogP contribution in [-0.4, -0.2) is 35.6 Å². The van der Waals surface area contributed by atoms with Crippen LogP contribution in [0.15, 0.2) is 0 Å². The largest absolute Gasteiger partial charge is 0.333 e. The number of fused-ring (bicyclic) bond motifs is 1. The van der Waals surface area contributed by atoms with E-state index >= 15 is 0 Å². The molecule has 1 aliphatic heterocycles. The maximum atomic E-state index is 12.1. The third-order valence-corrected chi connectivity index (χ3v) is 3.92. The van der Waals surface area contributed by atoms with Gasteiger partial charge in [0.15, 0.2) is 0 Å². The summed E-state index contributed by atoms with van der Waals surface area (Å²) in [7, 11) is 0. The Kier molecular flexibility index (Phi) is 3.34. The highest BCUT2D eigenvalue weighted by molar-refractivity contribution is 5.75. The van der Waals surface area contributed by atoms with Crippen molar-refractivity contribution in [3.05, 3.63) is 0 Å². The molecule has 4 heteroatoms. The van der Waals surface area contributed by atoms with Gasteiger partial charge in [0, 0.05) is 24.7 Å². The van der Waals surface area contributed by atoms with Gasteiger partial charge in [-0.05, 0) is 45.4 Å². The molecule has 0 radical (unpaired) electrons. The molecule has 0 spiro atoms. The Labute approximate surface area is 104 Å². The number of carbonyl (C=O) groups is 1. The number of rotatable bonds is 0. The van der Waals surface area contributed by atoms with Crippen LogP contribution in [0.4, 0.5) is 4.79 Å². The second kappa shape index (κ2) is 4.48. The van der Waals surface area contributed by atoms with E-state index in [-0.39, 0.29) is 11.6 Å². The van der Waals surface area contributed by atoms with Crippen molar-refractivity contribution in [2.24, 2.45) is 17.6 Å². The van der Waals surface area contributed by atoms with Crippen LogP contribution in [0.5, 0.6) is 0 Å². The number of nitrogens with one attached hydrogen (secondary N) is 1. The van der Waals surface area contributed by atoms with Gasteiger partial charge in [-0.1, -0.05) is 6.42 Å². The SMILES string of the molecule is CC(C)(C)NC(=O)N1CC2CCCC(N)C2C1. The standard InChI is InChI=1S/C13H25N3O/c1-13(2,3)15-12(17)16-7-9-5-4-6-11(14)10(9)8-16/h9-11H,4-8,14H2,1-3H3,(H,15,17). The molecule has 4 nitrogen and oxygen atoms in total. The van der Waals surface area contributed by atoms with Crippen LogP contribution >= 0.6 is 0 Å². The maximum absolute atomic E-state index is 12.1. The van der Waals surface area contributed by atoms with E-state index in [2.05, 4.69) is 5.32 Å². The van der Waals surface area contributed by atoms with Crippen molar-refractivity contribution in [1.29, 1.82) is 0 Å². The van der Waals surface area contributed by atoms with Crippen molar-refractivity contribution >= 4 is 6.03 Å². The molecule has 3 unspecified atom stereocenters. The molecule has 1 heterocycles. The first-order valence-electron chi connectivity index (χ1n) is 6.69. The van der Waals surface area contributed by atoms with Crippen molar-refractivity contribution in [3.8, 4) is 0 Å². The van der Waals surface area contributed by atoms with Crippen LogP contribution in [0.25, 0.3) is 0 Å². The van der Waals surface area contributed by atoms with Crippen LogP contribution < -0.4 is 11.1 Å². The monoisotopic (exact) mass is 239 g/mol. The topological polar surface area (TPSA) is 58.4 Å². The number of nitrogens with two attached hydrogens (primary N) is 1. The van der Waals surface area contributed by atoms with Gasteiger partial charge >= 0.3 is 6.03 Å². The van der Waals surface area contributed by atoms with Crippen LogP contribution in [0.1, 0.15) is 40.0 Å². The maximum Gasteiger partial charge on any atom is 0.317 e. The molecular formula is C13H25N3O. The van der Waals surface area contributed by atoms with E-state index < -0.39 is 0 Å². The third kappa shape index (κ3) is 2.92. The number of amides is 2. The summed E-state index contributed by atoms with van der Waals surface area (Å²) >= 11 is 0. The van der Waals surface area contributed by atoms with Crippen molar-refractivity contribution in [2.45, 2.75) is 51.6 Å². The number of nitrogens with zero attached hydrogens (tertiary/aromatic N) is 1. The third-order valence-electron chi connectivity index (χ3n) is 3.92. The number of hydrogen-bond acceptors (Lipinski definition) is 2. The first kappa shape index (κ1) is 12.7. The lowest BCUT2D eigenvalue weighted by molar-refractivity contribution is 0.196. The summed E-state index contributed by atoms with van der Waals surface area (Å²) < 4.78 is 0. The van der Waals surface area contributed by atoms with E-state index in [0.29, 0.717) is 17.9 Å². The van der Waals surface area contributed by atoms with Crippen LogP contribution in [0.2, 0.25) is 0 Å². The molecule has 2 aliphatic rings. The molecular weight excluding hydrogens is 214 g/mol. The lowest BCUT2D eigenvalue weighted by Gasteiger charge is -2.29. The molecule has 3 atom stereocenters. The van der Waals surface area contributed by atoms with Gasteiger partial charge in [0.2, 0.25) is 0 Å². The minimum Gasteiger partial charge on any atom is -0.333 e. The van der Waals surface area contributed by atoms with Gasteiger partial charge in [-0.3, -0.25) is 0 Å². The lowest BCUT2D eigenvalue weighted by atomic mass is 9.78. The van der Waals surface area contributed by atoms with Gasteiger partial charge in [0.05, 0.1) is 0 Å². The Morgan fingerprint density at radius 1 is 1.29 bits per heavy atom. The zero-order chi connectivity index (χ0) is 12.6. The van der Waals surface area contributed by atoms with E-state index in [1.165, 1.54) is 12.8 Å². The van der Waals surface area contributed by atoms with E-state index in [1.807, 2.05) is 25.7 Å². The minimum atomic E-state index is -0.160. The number of urea groups is 1. The molecule has 1 saturated heterocycles. The summed E-state index contributed by atoms with van der Waals surface area (Å²) in [6, 6.07) is 0.361. The summed E-state index contributed by atoms with van der Waals surface area (Å²) in [5, 5.41) is 3.03. The fraction of sp³-hybridized carbons (Fsp3) is 0.923. The Morgan fingerprint density at radius 3 is 2.59 bits per heavy atom. The predicted molar refractivity (Wildman–Crippen MR) is 68.7 cm³/mol. The number of likely N-dealkylation sites (tertiary alicyclic amines) is 1. The summed E-state index contributed by atoms with van der Waals surface area (Å²) in [5.41, 5.74) is 5.99. The summed E-state index contributed by atoms with van der Waals surface area (Å²) in [4.78, 5) is 14.0. The summed E-state index contributed by atoms with van der Waals surface area (Å²) in [6.45, 7) is 7.77. The summed E-state index contributed by atoms with van der Waals surface area (Å²) in [6.07, 6.45) is 3.57. The molecule has 0 aromatic carbocycles. The quantitative estimate of drug-likeness (QED) is 0.674. The molecule has 3 N–H and O–H groups in total. The highest BCUT2D eigenvalue weighted by atomic mass is 16.2. The Morgan fingerprint density at radius 2 is 2.00 bits per heavy atom. The highest BCUT2D eigenvalue weighted by Gasteiger charge is 2.40. The Balaban J connectivity index is 1.95. The average molecular weight is 239 g/mol. The molecule has 2 fully saturated rings. The van der Waals surface area contributed by atoms with Crippen LogP contribution in [0, 0.1) is 11.8 Å².